The standard InChI is InChI=1S/C15H17NO4S/c1-3-20-14-10-9-12(11-15(14)19-2)16-21(17,18)13-7-5-4-6-8-13/h4-11,16H,3H2,1-2H3. The maximum Gasteiger partial charge on any atom is 0.261 e. The third-order valence-corrected chi connectivity index (χ3v) is 4.17. The first-order chi connectivity index (χ1) is 10.1. The number of nitrogens with one attached hydrogen (secondary N) is 1. The van der Waals surface area contributed by atoms with E-state index in [4.69, 9.17) is 9.47 Å². The van der Waals surface area contributed by atoms with Crippen molar-refractivity contribution in [2.75, 3.05) is 18.4 Å². The highest BCUT2D eigenvalue weighted by molar-refractivity contribution is 7.92. The zero-order chi connectivity index (χ0) is 15.3. The van der Waals surface area contributed by atoms with Crippen molar-refractivity contribution in [3.8, 4) is 11.5 Å². The van der Waals surface area contributed by atoms with E-state index in [1.165, 1.54) is 19.2 Å². The lowest BCUT2D eigenvalue weighted by Gasteiger charge is -2.12. The van der Waals surface area contributed by atoms with E-state index in [9.17, 15) is 8.42 Å². The molecule has 2 aromatic carbocycles. The van der Waals surface area contributed by atoms with Crippen molar-refractivity contribution in [3.63, 3.8) is 0 Å². The highest BCUT2D eigenvalue weighted by Crippen LogP contribution is 2.31. The van der Waals surface area contributed by atoms with Gasteiger partial charge in [0.1, 0.15) is 0 Å². The smallest absolute Gasteiger partial charge is 0.261 e. The molecule has 0 saturated heterocycles. The molecule has 0 radical (unpaired) electrons. The quantitative estimate of drug-likeness (QED) is 0.891. The van der Waals surface area contributed by atoms with E-state index >= 15 is 0 Å². The van der Waals surface area contributed by atoms with Gasteiger partial charge in [0, 0.05) is 6.07 Å². The molecule has 0 aliphatic carbocycles. The first-order valence-electron chi connectivity index (χ1n) is 6.45. The van der Waals surface area contributed by atoms with Gasteiger partial charge in [0.25, 0.3) is 10.0 Å². The molecule has 0 aliphatic heterocycles. The summed E-state index contributed by atoms with van der Waals surface area (Å²) in [5.41, 5.74) is 0.416. The summed E-state index contributed by atoms with van der Waals surface area (Å²) in [6.07, 6.45) is 0. The van der Waals surface area contributed by atoms with E-state index in [1.54, 1.807) is 36.4 Å². The van der Waals surface area contributed by atoms with Crippen LogP contribution in [0.3, 0.4) is 0 Å². The predicted octanol–water partition coefficient (Wildman–Crippen LogP) is 2.89. The van der Waals surface area contributed by atoms with Crippen molar-refractivity contribution < 1.29 is 17.9 Å². The van der Waals surface area contributed by atoms with Gasteiger partial charge < -0.3 is 9.47 Å². The number of ether oxygens (including phenoxy) is 2. The molecule has 0 aliphatic rings. The van der Waals surface area contributed by atoms with Gasteiger partial charge in [0.05, 0.1) is 24.3 Å². The minimum atomic E-state index is -3.61. The Hall–Kier alpha value is -2.21. The van der Waals surface area contributed by atoms with E-state index in [-0.39, 0.29) is 4.90 Å². The normalized spacial score (nSPS) is 11.0. The summed E-state index contributed by atoms with van der Waals surface area (Å²) in [4.78, 5) is 0.206. The van der Waals surface area contributed by atoms with Crippen molar-refractivity contribution in [3.05, 3.63) is 48.5 Å². The molecule has 1 N–H and O–H groups in total. The molecule has 0 saturated carbocycles. The minimum absolute atomic E-state index is 0.206. The van der Waals surface area contributed by atoms with Crippen molar-refractivity contribution in [1.29, 1.82) is 0 Å². The topological polar surface area (TPSA) is 64.6 Å². The monoisotopic (exact) mass is 307 g/mol. The summed E-state index contributed by atoms with van der Waals surface area (Å²) in [7, 11) is -2.10. The lowest BCUT2D eigenvalue weighted by Crippen LogP contribution is -2.12. The number of rotatable bonds is 6. The van der Waals surface area contributed by atoms with Crippen LogP contribution in [0.1, 0.15) is 6.92 Å². The predicted molar refractivity (Wildman–Crippen MR) is 81.4 cm³/mol. The van der Waals surface area contributed by atoms with Crippen molar-refractivity contribution >= 4 is 15.7 Å². The van der Waals surface area contributed by atoms with E-state index in [1.807, 2.05) is 6.92 Å². The van der Waals surface area contributed by atoms with Gasteiger partial charge >= 0.3 is 0 Å². The molecule has 0 unspecified atom stereocenters. The summed E-state index contributed by atoms with van der Waals surface area (Å²) >= 11 is 0. The fourth-order valence-corrected chi connectivity index (χ4v) is 2.89. The SMILES string of the molecule is CCOc1ccc(NS(=O)(=O)c2ccccc2)cc1OC. The summed E-state index contributed by atoms with van der Waals surface area (Å²) in [5, 5.41) is 0. The van der Waals surface area contributed by atoms with Gasteiger partial charge in [-0.3, -0.25) is 4.72 Å². The van der Waals surface area contributed by atoms with Crippen LogP contribution in [-0.4, -0.2) is 22.1 Å². The van der Waals surface area contributed by atoms with Crippen molar-refractivity contribution in [2.24, 2.45) is 0 Å². The zero-order valence-corrected chi connectivity index (χ0v) is 12.7. The van der Waals surface area contributed by atoms with Gasteiger partial charge in [-0.15, -0.1) is 0 Å². The first kappa shape index (κ1) is 15.2. The minimum Gasteiger partial charge on any atom is -0.493 e. The van der Waals surface area contributed by atoms with Gasteiger partial charge in [0.15, 0.2) is 11.5 Å². The van der Waals surface area contributed by atoms with Crippen LogP contribution in [0.15, 0.2) is 53.4 Å². The maximum atomic E-state index is 12.2. The van der Waals surface area contributed by atoms with Crippen LogP contribution in [0.4, 0.5) is 5.69 Å². The Kier molecular flexibility index (Phi) is 4.70. The fraction of sp³-hybridized carbons (Fsp3) is 0.200. The first-order valence-corrected chi connectivity index (χ1v) is 7.94. The van der Waals surface area contributed by atoms with Crippen LogP contribution in [0.25, 0.3) is 0 Å². The van der Waals surface area contributed by atoms with E-state index < -0.39 is 10.0 Å². The highest BCUT2D eigenvalue weighted by atomic mass is 32.2. The summed E-state index contributed by atoms with van der Waals surface area (Å²) < 4.78 is 37.6. The Balaban J connectivity index is 2.28. The molecule has 0 heterocycles. The summed E-state index contributed by atoms with van der Waals surface area (Å²) in [5.74, 6) is 1.05. The number of anilines is 1. The van der Waals surface area contributed by atoms with Crippen LogP contribution in [0.5, 0.6) is 11.5 Å². The molecular formula is C15H17NO4S. The van der Waals surface area contributed by atoms with E-state index in [2.05, 4.69) is 4.72 Å². The van der Waals surface area contributed by atoms with Crippen LogP contribution in [0, 0.1) is 0 Å². The highest BCUT2D eigenvalue weighted by Gasteiger charge is 2.14. The van der Waals surface area contributed by atoms with Crippen molar-refractivity contribution in [2.45, 2.75) is 11.8 Å². The number of hydrogen-bond acceptors (Lipinski definition) is 4. The van der Waals surface area contributed by atoms with Gasteiger partial charge in [-0.1, -0.05) is 18.2 Å². The average Bonchev–Trinajstić information content (AvgIpc) is 2.49. The molecular weight excluding hydrogens is 290 g/mol. The fourth-order valence-electron chi connectivity index (χ4n) is 1.82. The second-order valence-electron chi connectivity index (χ2n) is 4.22. The molecule has 0 aromatic heterocycles. The molecule has 0 amide bonds. The molecule has 0 spiro atoms. The Bertz CT molecular complexity index is 699. The molecule has 2 rings (SSSR count). The average molecular weight is 307 g/mol. The van der Waals surface area contributed by atoms with E-state index in [0.717, 1.165) is 0 Å². The summed E-state index contributed by atoms with van der Waals surface area (Å²) in [6.45, 7) is 2.37. The molecule has 2 aromatic rings. The Morgan fingerprint density at radius 2 is 1.76 bits per heavy atom. The van der Waals surface area contributed by atoms with Crippen LogP contribution in [0.2, 0.25) is 0 Å². The molecule has 0 atom stereocenters. The number of benzene rings is 2. The lowest BCUT2D eigenvalue weighted by molar-refractivity contribution is 0.311. The van der Waals surface area contributed by atoms with Crippen LogP contribution in [-0.2, 0) is 10.0 Å². The number of hydrogen-bond donors (Lipinski definition) is 1. The molecule has 21 heavy (non-hydrogen) atoms. The number of methoxy groups -OCH3 is 1. The van der Waals surface area contributed by atoms with Gasteiger partial charge in [-0.2, -0.15) is 0 Å². The number of sulfonamides is 1. The Morgan fingerprint density at radius 1 is 1.05 bits per heavy atom. The van der Waals surface area contributed by atoms with Gasteiger partial charge in [-0.25, -0.2) is 8.42 Å². The van der Waals surface area contributed by atoms with Crippen molar-refractivity contribution in [1.82, 2.24) is 0 Å². The largest absolute Gasteiger partial charge is 0.493 e. The zero-order valence-electron chi connectivity index (χ0n) is 11.9. The third-order valence-electron chi connectivity index (χ3n) is 2.77. The second kappa shape index (κ2) is 6.49. The van der Waals surface area contributed by atoms with Crippen LogP contribution < -0.4 is 14.2 Å². The van der Waals surface area contributed by atoms with Gasteiger partial charge in [0.2, 0.25) is 0 Å². The Morgan fingerprint density at radius 3 is 2.38 bits per heavy atom. The molecule has 0 bridgehead atoms. The lowest BCUT2D eigenvalue weighted by atomic mass is 10.3. The van der Waals surface area contributed by atoms with E-state index in [0.29, 0.717) is 23.8 Å². The van der Waals surface area contributed by atoms with Crippen LogP contribution >= 0.6 is 0 Å². The molecule has 6 heteroatoms. The molecule has 5 nitrogen and oxygen atoms in total. The summed E-state index contributed by atoms with van der Waals surface area (Å²) in [6, 6.07) is 13.1. The second-order valence-corrected chi connectivity index (χ2v) is 5.90. The molecule has 112 valence electrons. The Labute approximate surface area is 124 Å². The van der Waals surface area contributed by atoms with Gasteiger partial charge in [-0.05, 0) is 31.2 Å². The molecule has 0 fully saturated rings. The maximum absolute atomic E-state index is 12.2. The third kappa shape index (κ3) is 3.66.